The monoisotopic (exact) mass is 480 g/mol. The van der Waals surface area contributed by atoms with Crippen LogP contribution in [0.1, 0.15) is 52.8 Å². The molecule has 3 heterocycles. The molecule has 2 aromatic carbocycles. The van der Waals surface area contributed by atoms with Gasteiger partial charge in [-0.05, 0) is 67.5 Å². The molecule has 1 saturated heterocycles. The highest BCUT2D eigenvalue weighted by Gasteiger charge is 2.36. The highest BCUT2D eigenvalue weighted by atomic mass is 16.5. The lowest BCUT2D eigenvalue weighted by atomic mass is 9.75. The second kappa shape index (κ2) is 11.6. The van der Waals surface area contributed by atoms with Gasteiger partial charge in [-0.3, -0.25) is 9.59 Å². The predicted octanol–water partition coefficient (Wildman–Crippen LogP) is 4.27. The summed E-state index contributed by atoms with van der Waals surface area (Å²) >= 11 is 0. The van der Waals surface area contributed by atoms with Crippen molar-refractivity contribution in [2.45, 2.75) is 32.1 Å². The Kier molecular flexibility index (Phi) is 8.29. The summed E-state index contributed by atoms with van der Waals surface area (Å²) in [4.78, 5) is 30.5. The van der Waals surface area contributed by atoms with E-state index < -0.39 is 0 Å². The molecule has 0 aliphatic carbocycles. The molecule has 2 bridgehead atoms. The molecule has 0 spiro atoms. The first-order chi connectivity index (χ1) is 17.0. The summed E-state index contributed by atoms with van der Waals surface area (Å²) in [6.07, 6.45) is 4.78. The first-order valence-corrected chi connectivity index (χ1v) is 12.5. The lowest BCUT2D eigenvalue weighted by Crippen LogP contribution is -2.45. The molecule has 7 nitrogen and oxygen atoms in total. The van der Waals surface area contributed by atoms with Crippen LogP contribution in [0.4, 0.5) is 0 Å². The molecule has 0 saturated carbocycles. The Morgan fingerprint density at radius 1 is 0.943 bits per heavy atom. The number of methoxy groups -OCH3 is 2. The van der Waals surface area contributed by atoms with Crippen LogP contribution in [0.5, 0.6) is 11.5 Å². The molecule has 5 rings (SSSR count). The molecule has 3 aliphatic heterocycles. The van der Waals surface area contributed by atoms with Crippen LogP contribution in [-0.2, 0) is 4.74 Å². The van der Waals surface area contributed by atoms with Gasteiger partial charge in [-0.25, -0.2) is 0 Å². The third kappa shape index (κ3) is 5.96. The quantitative estimate of drug-likeness (QED) is 0.654. The Morgan fingerprint density at radius 3 is 2.40 bits per heavy atom. The van der Waals surface area contributed by atoms with Crippen molar-refractivity contribution in [1.82, 2.24) is 9.80 Å². The van der Waals surface area contributed by atoms with Crippen LogP contribution in [-0.4, -0.2) is 75.2 Å². The van der Waals surface area contributed by atoms with Gasteiger partial charge in [-0.1, -0.05) is 18.6 Å². The van der Waals surface area contributed by atoms with Crippen molar-refractivity contribution in [1.29, 1.82) is 0 Å². The molecule has 0 radical (unpaired) electrons. The molecular weight excluding hydrogens is 444 g/mol. The summed E-state index contributed by atoms with van der Waals surface area (Å²) in [5, 5.41) is 0. The van der Waals surface area contributed by atoms with E-state index in [4.69, 9.17) is 14.2 Å². The van der Waals surface area contributed by atoms with Crippen molar-refractivity contribution in [2.24, 2.45) is 5.41 Å². The van der Waals surface area contributed by atoms with E-state index in [-0.39, 0.29) is 17.2 Å². The molecule has 1 fully saturated rings. The van der Waals surface area contributed by atoms with Crippen LogP contribution in [0.15, 0.2) is 48.5 Å². The van der Waals surface area contributed by atoms with E-state index in [1.54, 1.807) is 38.5 Å². The number of nitrogens with zero attached hydrogens (tertiary/aromatic N) is 2. The maximum absolute atomic E-state index is 13.3. The number of hydrogen-bond acceptors (Lipinski definition) is 5. The van der Waals surface area contributed by atoms with Crippen molar-refractivity contribution in [3.05, 3.63) is 59.7 Å². The summed E-state index contributed by atoms with van der Waals surface area (Å²) in [6.45, 7) is 3.56. The highest BCUT2D eigenvalue weighted by Crippen LogP contribution is 2.38. The number of carbonyl (C=O) groups excluding carboxylic acids is 2. The van der Waals surface area contributed by atoms with Crippen LogP contribution in [0.25, 0.3) is 0 Å². The maximum Gasteiger partial charge on any atom is 0.257 e. The van der Waals surface area contributed by atoms with Crippen molar-refractivity contribution in [3.63, 3.8) is 0 Å². The topological polar surface area (TPSA) is 68.3 Å². The Bertz CT molecular complexity index is 999. The van der Waals surface area contributed by atoms with E-state index in [1.165, 1.54) is 0 Å². The first-order valence-electron chi connectivity index (χ1n) is 12.5. The maximum atomic E-state index is 13.3. The van der Waals surface area contributed by atoms with E-state index in [2.05, 4.69) is 0 Å². The molecule has 7 heteroatoms. The fourth-order valence-electron chi connectivity index (χ4n) is 5.20. The molecule has 2 amide bonds. The summed E-state index contributed by atoms with van der Waals surface area (Å²) in [7, 11) is 3.37. The molecule has 2 aromatic rings. The van der Waals surface area contributed by atoms with Crippen LogP contribution < -0.4 is 9.47 Å². The molecule has 35 heavy (non-hydrogen) atoms. The van der Waals surface area contributed by atoms with E-state index in [9.17, 15) is 9.59 Å². The van der Waals surface area contributed by atoms with Crippen LogP contribution >= 0.6 is 0 Å². The molecule has 0 unspecified atom stereocenters. The number of para-hydroxylation sites is 1. The molecule has 0 N–H and O–H groups in total. The summed E-state index contributed by atoms with van der Waals surface area (Å²) in [5.41, 5.74) is 1.28. The average Bonchev–Trinajstić information content (AvgIpc) is 2.90. The molecule has 0 aromatic heterocycles. The Balaban J connectivity index is 1.56. The second-order valence-electron chi connectivity index (χ2n) is 9.55. The van der Waals surface area contributed by atoms with Gasteiger partial charge in [0.1, 0.15) is 18.1 Å². The Labute approximate surface area is 207 Å². The van der Waals surface area contributed by atoms with Gasteiger partial charge in [0.05, 0.1) is 25.8 Å². The lowest BCUT2D eigenvalue weighted by molar-refractivity contribution is 0.0136. The smallest absolute Gasteiger partial charge is 0.257 e. The number of benzene rings is 2. The van der Waals surface area contributed by atoms with Gasteiger partial charge in [0.25, 0.3) is 11.8 Å². The van der Waals surface area contributed by atoms with Gasteiger partial charge in [-0.15, -0.1) is 0 Å². The molecular formula is C28H36N2O5. The van der Waals surface area contributed by atoms with Crippen molar-refractivity contribution < 1.29 is 23.8 Å². The zero-order chi connectivity index (χ0) is 24.7. The number of hydrogen-bond donors (Lipinski definition) is 0. The standard InChI is InChI=1S/C28H36N2O5/c1-33-21-28-13-5-6-16-29(26(31)22-9-11-23(34-2)12-10-22)19-20-35-25-8-4-3-7-24(25)27(32)30(17-14-28)18-15-28/h3-4,7-12H,5-6,13-21H2,1-2H3. The van der Waals surface area contributed by atoms with Gasteiger partial charge in [0.2, 0.25) is 0 Å². The predicted molar refractivity (Wildman–Crippen MR) is 134 cm³/mol. The summed E-state index contributed by atoms with van der Waals surface area (Å²) in [6, 6.07) is 14.6. The van der Waals surface area contributed by atoms with Crippen LogP contribution in [0.2, 0.25) is 0 Å². The van der Waals surface area contributed by atoms with Crippen LogP contribution in [0.3, 0.4) is 0 Å². The number of fused-ring (bicyclic) bond motifs is 9. The average molecular weight is 481 g/mol. The molecule has 0 atom stereocenters. The largest absolute Gasteiger partial charge is 0.497 e. The van der Waals surface area contributed by atoms with Crippen molar-refractivity contribution in [2.75, 3.05) is 53.6 Å². The van der Waals surface area contributed by atoms with Gasteiger partial charge in [-0.2, -0.15) is 0 Å². The number of carbonyl (C=O) groups is 2. The van der Waals surface area contributed by atoms with Crippen LogP contribution in [0, 0.1) is 5.41 Å². The minimum atomic E-state index is -0.0245. The minimum Gasteiger partial charge on any atom is -0.497 e. The van der Waals surface area contributed by atoms with Gasteiger partial charge in [0.15, 0.2) is 0 Å². The number of rotatable bonds is 4. The third-order valence-electron chi connectivity index (χ3n) is 7.31. The zero-order valence-corrected chi connectivity index (χ0v) is 20.8. The lowest BCUT2D eigenvalue weighted by Gasteiger charge is -2.41. The number of amides is 2. The number of piperidine rings is 1. The normalized spacial score (nSPS) is 18.7. The van der Waals surface area contributed by atoms with E-state index in [0.29, 0.717) is 43.2 Å². The molecule has 3 aliphatic rings. The van der Waals surface area contributed by atoms with E-state index in [1.807, 2.05) is 34.1 Å². The zero-order valence-electron chi connectivity index (χ0n) is 20.8. The van der Waals surface area contributed by atoms with E-state index >= 15 is 0 Å². The van der Waals surface area contributed by atoms with Gasteiger partial charge >= 0.3 is 0 Å². The second-order valence-corrected chi connectivity index (χ2v) is 9.55. The molecule has 188 valence electrons. The van der Waals surface area contributed by atoms with Crippen molar-refractivity contribution in [3.8, 4) is 11.5 Å². The first kappa shape index (κ1) is 25.0. The van der Waals surface area contributed by atoms with Crippen molar-refractivity contribution >= 4 is 11.8 Å². The number of ether oxygens (including phenoxy) is 3. The summed E-state index contributed by atoms with van der Waals surface area (Å²) < 4.78 is 16.9. The fourth-order valence-corrected chi connectivity index (χ4v) is 5.20. The summed E-state index contributed by atoms with van der Waals surface area (Å²) in [5.74, 6) is 1.27. The Morgan fingerprint density at radius 2 is 1.69 bits per heavy atom. The van der Waals surface area contributed by atoms with Gasteiger partial charge in [0, 0.05) is 32.3 Å². The van der Waals surface area contributed by atoms with E-state index in [0.717, 1.165) is 50.9 Å². The fraction of sp³-hybridized carbons (Fsp3) is 0.500. The minimum absolute atomic E-state index is 0.00709. The third-order valence-corrected chi connectivity index (χ3v) is 7.31. The SMILES string of the molecule is COCC12CCCCN(C(=O)c3ccc(OC)cc3)CCOc3ccccc3C(=O)N(CC1)CC2. The highest BCUT2D eigenvalue weighted by molar-refractivity contribution is 5.97. The Hall–Kier alpha value is -3.06. The van der Waals surface area contributed by atoms with Gasteiger partial charge < -0.3 is 24.0 Å².